The van der Waals surface area contributed by atoms with Gasteiger partial charge in [-0.05, 0) is 130 Å². The molecule has 0 atom stereocenters. The van der Waals surface area contributed by atoms with E-state index in [0.717, 1.165) is 20.3 Å². The zero-order valence-corrected chi connectivity index (χ0v) is 39.9. The third kappa shape index (κ3) is 16.6. The van der Waals surface area contributed by atoms with Gasteiger partial charge in [-0.25, -0.2) is 38.3 Å². The number of imidazole rings is 2. The Kier molecular flexibility index (Phi) is 15.4. The summed E-state index contributed by atoms with van der Waals surface area (Å²) >= 11 is 2.20. The second kappa shape index (κ2) is 18.8. The number of ether oxygens (including phenoxy) is 4. The molecule has 0 aliphatic rings. The lowest BCUT2D eigenvalue weighted by Crippen LogP contribution is -2.31. The van der Waals surface area contributed by atoms with Gasteiger partial charge in [0.05, 0.1) is 23.8 Å². The van der Waals surface area contributed by atoms with Crippen LogP contribution >= 0.6 is 22.6 Å². The highest BCUT2D eigenvalue weighted by molar-refractivity contribution is 14.1. The molecule has 0 radical (unpaired) electrons. The van der Waals surface area contributed by atoms with Crippen LogP contribution in [0.5, 0.6) is 0 Å². The molecule has 0 saturated heterocycles. The predicted molar refractivity (Wildman–Crippen MR) is 241 cm³/mol. The van der Waals surface area contributed by atoms with Gasteiger partial charge in [-0.1, -0.05) is 49.8 Å². The maximum atomic E-state index is 13.0. The molecule has 2 aromatic heterocycles. The van der Waals surface area contributed by atoms with Crippen LogP contribution in [0.15, 0.2) is 60.9 Å². The molecule has 2 heterocycles. The van der Waals surface area contributed by atoms with Crippen molar-refractivity contribution in [3.8, 4) is 34.0 Å². The molecule has 2 amide bonds. The van der Waals surface area contributed by atoms with Crippen molar-refractivity contribution < 1.29 is 38.1 Å². The first-order chi connectivity index (χ1) is 26.9. The number of nitrogens with zero attached hydrogens (tertiary/aromatic N) is 4. The molecule has 16 heteroatoms. The number of rotatable bonds is 4. The summed E-state index contributed by atoms with van der Waals surface area (Å²) in [7, 11) is -1.48. The Hall–Kier alpha value is -5.15. The third-order valence-electron chi connectivity index (χ3n) is 6.80. The molecule has 4 aromatic rings. The fourth-order valence-electron chi connectivity index (χ4n) is 4.67. The van der Waals surface area contributed by atoms with Gasteiger partial charge in [0.1, 0.15) is 30.5 Å². The van der Waals surface area contributed by atoms with Gasteiger partial charge in [-0.3, -0.25) is 10.6 Å². The molecule has 0 fully saturated rings. The summed E-state index contributed by atoms with van der Waals surface area (Å²) in [5, 5.41) is 5.07. The molecule has 2 N–H and O–H groups in total. The summed E-state index contributed by atoms with van der Waals surface area (Å²) in [4.78, 5) is 58.6. The van der Waals surface area contributed by atoms with Crippen molar-refractivity contribution in [1.82, 2.24) is 19.1 Å². The number of carbonyl (C=O) groups excluding carboxylic acids is 4. The van der Waals surface area contributed by atoms with E-state index in [1.165, 1.54) is 21.5 Å². The van der Waals surface area contributed by atoms with Gasteiger partial charge in [0.25, 0.3) is 0 Å². The number of benzene rings is 2. The first kappa shape index (κ1) is 48.2. The number of hydrogen-bond acceptors (Lipinski definition) is 10. The van der Waals surface area contributed by atoms with E-state index >= 15 is 0 Å². The summed E-state index contributed by atoms with van der Waals surface area (Å²) in [6.45, 7) is 27.7. The second-order valence-corrected chi connectivity index (χ2v) is 24.4. The van der Waals surface area contributed by atoms with E-state index in [0.29, 0.717) is 11.4 Å². The maximum Gasteiger partial charge on any atom is 0.421 e. The standard InChI is InChI=1S/C24H33N3O4Si.C19H24IN3O4/c1-23(2,3)30-21(28)26-20-25-16-19(27(20)22(29)31-24(4,5)6)18-12-10-17(11-13-18)14-15-32(7,8)9;1-18(2,3)26-16(24)22-15-21-11-14(12-7-9-13(20)10-8-12)23(15)17(25)27-19(4,5)6/h10-13,16H,1-9H3,(H,25,26,28);7-11H,1-6H3,(H,21,22,24). The van der Waals surface area contributed by atoms with E-state index in [1.54, 1.807) is 83.1 Å². The number of nitrogens with one attached hydrogen (secondary N) is 2. The molecule has 59 heavy (non-hydrogen) atoms. The highest BCUT2D eigenvalue weighted by Gasteiger charge is 2.28. The Morgan fingerprint density at radius 3 is 1.24 bits per heavy atom. The van der Waals surface area contributed by atoms with Gasteiger partial charge < -0.3 is 18.9 Å². The van der Waals surface area contributed by atoms with Crippen LogP contribution in [-0.2, 0) is 18.9 Å². The van der Waals surface area contributed by atoms with E-state index < -0.39 is 54.9 Å². The zero-order chi connectivity index (χ0) is 44.7. The molecule has 318 valence electrons. The second-order valence-electron chi connectivity index (χ2n) is 18.4. The number of hydrogen-bond donors (Lipinski definition) is 2. The summed E-state index contributed by atoms with van der Waals surface area (Å²) in [5.41, 5.74) is 3.93. The van der Waals surface area contributed by atoms with Gasteiger partial charge in [0.15, 0.2) is 0 Å². The van der Waals surface area contributed by atoms with Gasteiger partial charge in [-0.2, -0.15) is 0 Å². The lowest BCUT2D eigenvalue weighted by atomic mass is 10.1. The van der Waals surface area contributed by atoms with E-state index in [-0.39, 0.29) is 11.9 Å². The average Bonchev–Trinajstić information content (AvgIpc) is 3.65. The van der Waals surface area contributed by atoms with Crippen molar-refractivity contribution in [2.24, 2.45) is 0 Å². The normalized spacial score (nSPS) is 11.9. The molecule has 0 bridgehead atoms. The van der Waals surface area contributed by atoms with E-state index in [2.05, 4.69) is 74.3 Å². The minimum absolute atomic E-state index is 0.0195. The van der Waals surface area contributed by atoms with Crippen LogP contribution < -0.4 is 10.6 Å². The topological polar surface area (TPSA) is 165 Å². The monoisotopic (exact) mass is 940 g/mol. The van der Waals surface area contributed by atoms with Gasteiger partial charge in [-0.15, -0.1) is 5.54 Å². The fourth-order valence-corrected chi connectivity index (χ4v) is 5.55. The smallest absolute Gasteiger partial charge is 0.421 e. The highest BCUT2D eigenvalue weighted by Crippen LogP contribution is 2.28. The summed E-state index contributed by atoms with van der Waals surface area (Å²) in [6.07, 6.45) is 0.319. The Morgan fingerprint density at radius 2 is 0.915 bits per heavy atom. The molecule has 0 spiro atoms. The molecular formula is C43H57IN6O8Si. The number of halogens is 1. The van der Waals surface area contributed by atoms with Gasteiger partial charge in [0, 0.05) is 20.3 Å². The Labute approximate surface area is 362 Å². The van der Waals surface area contributed by atoms with Crippen LogP contribution in [0.2, 0.25) is 19.6 Å². The Morgan fingerprint density at radius 1 is 0.576 bits per heavy atom. The molecule has 0 aliphatic carbocycles. The van der Waals surface area contributed by atoms with Crippen LogP contribution in [0.1, 0.15) is 88.6 Å². The van der Waals surface area contributed by atoms with Crippen LogP contribution in [0.25, 0.3) is 22.5 Å². The van der Waals surface area contributed by atoms with Gasteiger partial charge in [0.2, 0.25) is 11.9 Å². The van der Waals surface area contributed by atoms with Crippen LogP contribution in [0, 0.1) is 15.0 Å². The lowest BCUT2D eigenvalue weighted by Gasteiger charge is -2.22. The molecule has 14 nitrogen and oxygen atoms in total. The first-order valence-corrected chi connectivity index (χ1v) is 23.5. The Balaban J connectivity index is 0.000000320. The minimum atomic E-state index is -1.48. The van der Waals surface area contributed by atoms with E-state index in [9.17, 15) is 19.2 Å². The Bertz CT molecular complexity index is 2180. The number of anilines is 2. The van der Waals surface area contributed by atoms with E-state index in [4.69, 9.17) is 18.9 Å². The van der Waals surface area contributed by atoms with Crippen LogP contribution in [0.3, 0.4) is 0 Å². The molecule has 2 aromatic carbocycles. The SMILES string of the molecule is CC(C)(C)OC(=O)Nc1ncc(-c2ccc(C#C[Si](C)(C)C)cc2)n1C(=O)OC(C)(C)C.CC(C)(C)OC(=O)Nc1ncc(-c2ccc(I)cc2)n1C(=O)OC(C)(C)C. The fraction of sp³-hybridized carbons (Fsp3) is 0.442. The summed E-state index contributed by atoms with van der Waals surface area (Å²) in [5.74, 6) is 3.26. The number of carbonyl (C=O) groups is 4. The van der Waals surface area contributed by atoms with Crippen LogP contribution in [-0.4, -0.2) is 74.0 Å². The molecule has 4 rings (SSSR count). The van der Waals surface area contributed by atoms with Crippen molar-refractivity contribution in [2.75, 3.05) is 10.6 Å². The number of amides is 2. The third-order valence-corrected chi connectivity index (χ3v) is 8.40. The summed E-state index contributed by atoms with van der Waals surface area (Å²) in [6, 6.07) is 15.1. The van der Waals surface area contributed by atoms with Crippen molar-refractivity contribution in [1.29, 1.82) is 0 Å². The molecule has 0 saturated carbocycles. The van der Waals surface area contributed by atoms with Gasteiger partial charge >= 0.3 is 24.4 Å². The molecular weight excluding hydrogens is 883 g/mol. The lowest BCUT2D eigenvalue weighted by molar-refractivity contribution is 0.0526. The van der Waals surface area contributed by atoms with Crippen molar-refractivity contribution >= 4 is 66.9 Å². The maximum absolute atomic E-state index is 13.0. The zero-order valence-electron chi connectivity index (χ0n) is 36.7. The summed E-state index contributed by atoms with van der Waals surface area (Å²) < 4.78 is 25.1. The number of aromatic nitrogens is 4. The van der Waals surface area contributed by atoms with Crippen LogP contribution in [0.4, 0.5) is 31.1 Å². The quantitative estimate of drug-likeness (QED) is 0.0870. The largest absolute Gasteiger partial charge is 0.444 e. The predicted octanol–water partition coefficient (Wildman–Crippen LogP) is 11.2. The van der Waals surface area contributed by atoms with E-state index in [1.807, 2.05) is 48.5 Å². The highest BCUT2D eigenvalue weighted by atomic mass is 127. The molecule has 0 unspecified atom stereocenters. The van der Waals surface area contributed by atoms with Crippen molar-refractivity contribution in [2.45, 2.75) is 125 Å². The van der Waals surface area contributed by atoms with Crippen molar-refractivity contribution in [3.05, 3.63) is 70.1 Å². The average molecular weight is 941 g/mol. The minimum Gasteiger partial charge on any atom is -0.444 e. The first-order valence-electron chi connectivity index (χ1n) is 18.9. The van der Waals surface area contributed by atoms with Crippen molar-refractivity contribution in [3.63, 3.8) is 0 Å². The molecule has 0 aliphatic heterocycles.